The molecule has 0 unspecified atom stereocenters. The summed E-state index contributed by atoms with van der Waals surface area (Å²) >= 11 is 0. The lowest BCUT2D eigenvalue weighted by Crippen LogP contribution is -2.18. The van der Waals surface area contributed by atoms with Crippen LogP contribution in [0.4, 0.5) is 17.1 Å². The van der Waals surface area contributed by atoms with E-state index in [-0.39, 0.29) is 16.2 Å². The summed E-state index contributed by atoms with van der Waals surface area (Å²) in [6.45, 7) is 14.3. The average molecular weight is 822 g/mol. The molecular formula is C63H51N. The van der Waals surface area contributed by atoms with Crippen molar-refractivity contribution < 1.29 is 0 Å². The molecule has 9 aromatic carbocycles. The first-order chi connectivity index (χ1) is 31.0. The van der Waals surface area contributed by atoms with Crippen LogP contribution < -0.4 is 4.90 Å². The summed E-state index contributed by atoms with van der Waals surface area (Å²) in [5, 5.41) is 0. The summed E-state index contributed by atoms with van der Waals surface area (Å²) in [7, 11) is 0. The standard InChI is InChI=1S/C63H51N/c1-61(2)55-21-12-10-17-49(55)51-35-32-46(38-58(51)61)64(47-33-36-52-50-18-11-13-22-56(50)62(3,4)59(52)39-47)45-30-27-42(28-31-45)44-29-34-53-54-20-14-19-48(60(54)63(5,6)57(53)37-44)43-25-23-41(24-26-43)40-15-8-7-9-16-40/h7-39H,1-6H3. The first-order valence-electron chi connectivity index (χ1n) is 22.8. The third-order valence-electron chi connectivity index (χ3n) is 15.1. The molecule has 0 N–H and O–H groups in total. The molecule has 0 saturated heterocycles. The van der Waals surface area contributed by atoms with Gasteiger partial charge in [-0.05, 0) is 143 Å². The number of nitrogens with zero attached hydrogens (tertiary/aromatic N) is 1. The quantitative estimate of drug-likeness (QED) is 0.161. The van der Waals surface area contributed by atoms with Gasteiger partial charge in [-0.3, -0.25) is 0 Å². The van der Waals surface area contributed by atoms with E-state index in [9.17, 15) is 0 Å². The average Bonchev–Trinajstić information content (AvgIpc) is 3.81. The molecule has 0 spiro atoms. The lowest BCUT2D eigenvalue weighted by Gasteiger charge is -2.30. The fraction of sp³-hybridized carbons (Fsp3) is 0.143. The Bertz CT molecular complexity index is 3220. The summed E-state index contributed by atoms with van der Waals surface area (Å²) in [4.78, 5) is 2.47. The molecule has 0 amide bonds. The maximum Gasteiger partial charge on any atom is 0.0465 e. The Morgan fingerprint density at radius 3 is 1.25 bits per heavy atom. The second-order valence-corrected chi connectivity index (χ2v) is 19.7. The molecule has 12 rings (SSSR count). The second-order valence-electron chi connectivity index (χ2n) is 19.7. The van der Waals surface area contributed by atoms with E-state index in [0.29, 0.717) is 0 Å². The second kappa shape index (κ2) is 13.9. The highest BCUT2D eigenvalue weighted by Crippen LogP contribution is 2.55. The first-order valence-corrected chi connectivity index (χ1v) is 22.8. The van der Waals surface area contributed by atoms with E-state index < -0.39 is 0 Å². The van der Waals surface area contributed by atoms with Crippen molar-refractivity contribution >= 4 is 17.1 Å². The van der Waals surface area contributed by atoms with Gasteiger partial charge in [-0.1, -0.05) is 199 Å². The lowest BCUT2D eigenvalue weighted by molar-refractivity contribution is 0.660. The third kappa shape index (κ3) is 5.63. The third-order valence-corrected chi connectivity index (χ3v) is 15.1. The predicted octanol–water partition coefficient (Wildman–Crippen LogP) is 17.1. The summed E-state index contributed by atoms with van der Waals surface area (Å²) < 4.78 is 0. The van der Waals surface area contributed by atoms with Crippen molar-refractivity contribution in [1.82, 2.24) is 0 Å². The molecule has 1 nitrogen and oxygen atoms in total. The molecule has 0 radical (unpaired) electrons. The molecule has 308 valence electrons. The van der Waals surface area contributed by atoms with Crippen LogP contribution in [0.5, 0.6) is 0 Å². The Labute approximate surface area is 378 Å². The Hall–Kier alpha value is -7.22. The molecule has 64 heavy (non-hydrogen) atoms. The van der Waals surface area contributed by atoms with Gasteiger partial charge in [0.2, 0.25) is 0 Å². The van der Waals surface area contributed by atoms with Crippen LogP contribution in [0.1, 0.15) is 74.9 Å². The van der Waals surface area contributed by atoms with Gasteiger partial charge in [0.1, 0.15) is 0 Å². The molecule has 0 atom stereocenters. The number of anilines is 3. The lowest BCUT2D eigenvalue weighted by atomic mass is 9.78. The monoisotopic (exact) mass is 821 g/mol. The minimum absolute atomic E-state index is 0.103. The summed E-state index contributed by atoms with van der Waals surface area (Å²) in [5.74, 6) is 0. The molecule has 0 aromatic heterocycles. The molecule has 3 aliphatic rings. The van der Waals surface area contributed by atoms with Gasteiger partial charge >= 0.3 is 0 Å². The zero-order valence-corrected chi connectivity index (χ0v) is 37.5. The molecule has 1 heteroatoms. The highest BCUT2D eigenvalue weighted by atomic mass is 15.1. The molecule has 0 aliphatic heterocycles. The smallest absolute Gasteiger partial charge is 0.0465 e. The Morgan fingerprint density at radius 2 is 0.641 bits per heavy atom. The molecule has 0 heterocycles. The van der Waals surface area contributed by atoms with Gasteiger partial charge in [-0.15, -0.1) is 0 Å². The molecular weight excluding hydrogens is 771 g/mol. The van der Waals surface area contributed by atoms with Crippen molar-refractivity contribution in [2.24, 2.45) is 0 Å². The van der Waals surface area contributed by atoms with Crippen LogP contribution in [0.3, 0.4) is 0 Å². The van der Waals surface area contributed by atoms with E-state index in [1.54, 1.807) is 0 Å². The van der Waals surface area contributed by atoms with Crippen molar-refractivity contribution in [3.8, 4) is 66.8 Å². The highest BCUT2D eigenvalue weighted by molar-refractivity contribution is 5.92. The van der Waals surface area contributed by atoms with Crippen molar-refractivity contribution in [3.05, 3.63) is 234 Å². The van der Waals surface area contributed by atoms with Crippen LogP contribution in [-0.2, 0) is 16.2 Å². The number of hydrogen-bond donors (Lipinski definition) is 0. The Kier molecular flexibility index (Phi) is 8.35. The van der Waals surface area contributed by atoms with Gasteiger partial charge in [0, 0.05) is 33.3 Å². The van der Waals surface area contributed by atoms with Crippen LogP contribution in [0.15, 0.2) is 200 Å². The summed E-state index contributed by atoms with van der Waals surface area (Å²) in [6.07, 6.45) is 0. The fourth-order valence-corrected chi connectivity index (χ4v) is 11.7. The number of benzene rings is 9. The minimum atomic E-state index is -0.172. The molecule has 0 fully saturated rings. The fourth-order valence-electron chi connectivity index (χ4n) is 11.7. The number of rotatable bonds is 6. The molecule has 0 bridgehead atoms. The zero-order chi connectivity index (χ0) is 43.5. The van der Waals surface area contributed by atoms with Crippen molar-refractivity contribution in [1.29, 1.82) is 0 Å². The van der Waals surface area contributed by atoms with Gasteiger partial charge in [0.05, 0.1) is 0 Å². The summed E-state index contributed by atoms with van der Waals surface area (Å²) in [6, 6.07) is 75.1. The van der Waals surface area contributed by atoms with Gasteiger partial charge < -0.3 is 4.90 Å². The van der Waals surface area contributed by atoms with Crippen LogP contribution in [0.25, 0.3) is 66.8 Å². The van der Waals surface area contributed by atoms with E-state index in [4.69, 9.17) is 0 Å². The summed E-state index contributed by atoms with van der Waals surface area (Å²) in [5.41, 5.74) is 26.9. The predicted molar refractivity (Wildman–Crippen MR) is 270 cm³/mol. The first kappa shape index (κ1) is 38.5. The molecule has 0 saturated carbocycles. The molecule has 9 aromatic rings. The van der Waals surface area contributed by atoms with E-state index in [2.05, 4.69) is 247 Å². The SMILES string of the molecule is CC1(C)c2ccccc2-c2ccc(N(c3ccc(-c4ccc5c(c4)C(C)(C)c4c(-c6ccc(-c7ccccc7)cc6)cccc4-5)cc3)c3ccc4c(c3)C(C)(C)c3ccccc3-4)cc21. The van der Waals surface area contributed by atoms with Crippen LogP contribution in [0.2, 0.25) is 0 Å². The largest absolute Gasteiger partial charge is 0.310 e. The van der Waals surface area contributed by atoms with Crippen molar-refractivity contribution in [2.75, 3.05) is 4.90 Å². The topological polar surface area (TPSA) is 3.24 Å². The van der Waals surface area contributed by atoms with Crippen LogP contribution in [-0.4, -0.2) is 0 Å². The normalized spacial score (nSPS) is 15.1. The van der Waals surface area contributed by atoms with Gasteiger partial charge in [0.25, 0.3) is 0 Å². The van der Waals surface area contributed by atoms with E-state index in [0.717, 1.165) is 5.69 Å². The van der Waals surface area contributed by atoms with E-state index >= 15 is 0 Å². The van der Waals surface area contributed by atoms with Crippen molar-refractivity contribution in [3.63, 3.8) is 0 Å². The van der Waals surface area contributed by atoms with Crippen LogP contribution >= 0.6 is 0 Å². The highest BCUT2D eigenvalue weighted by Gasteiger charge is 2.39. The van der Waals surface area contributed by atoms with Gasteiger partial charge in [-0.25, -0.2) is 0 Å². The van der Waals surface area contributed by atoms with E-state index in [1.807, 2.05) is 0 Å². The van der Waals surface area contributed by atoms with Gasteiger partial charge in [-0.2, -0.15) is 0 Å². The Balaban J connectivity index is 0.922. The minimum Gasteiger partial charge on any atom is -0.310 e. The van der Waals surface area contributed by atoms with E-state index in [1.165, 1.54) is 112 Å². The Morgan fingerprint density at radius 1 is 0.250 bits per heavy atom. The maximum absolute atomic E-state index is 2.47. The number of fused-ring (bicyclic) bond motifs is 9. The van der Waals surface area contributed by atoms with Crippen molar-refractivity contribution in [2.45, 2.75) is 57.8 Å². The molecule has 3 aliphatic carbocycles. The number of hydrogen-bond acceptors (Lipinski definition) is 1. The zero-order valence-electron chi connectivity index (χ0n) is 37.5. The van der Waals surface area contributed by atoms with Crippen LogP contribution in [0, 0.1) is 0 Å². The maximum atomic E-state index is 2.47. The van der Waals surface area contributed by atoms with Gasteiger partial charge in [0.15, 0.2) is 0 Å².